The predicted octanol–water partition coefficient (Wildman–Crippen LogP) is 4.61. The first-order valence-electron chi connectivity index (χ1n) is 10.4. The van der Waals surface area contributed by atoms with Crippen LogP contribution in [0.3, 0.4) is 0 Å². The molecule has 1 atom stereocenters. The number of rotatable bonds is 8. The molecule has 0 fully saturated rings. The standard InChI is InChI=1S/C25H28N2O5S/c1-16-6-10-21(11-7-16)33(29,30)27-23-12-8-19(14-17(23)2)25(28)26-18(3)22-15-20(31-4)9-13-24(22)32-5/h6-15,18,27H,1-5H3,(H,26,28). The van der Waals surface area contributed by atoms with Crippen LogP contribution in [-0.2, 0) is 10.0 Å². The summed E-state index contributed by atoms with van der Waals surface area (Å²) in [5.74, 6) is 1.01. The minimum absolute atomic E-state index is 0.176. The van der Waals surface area contributed by atoms with E-state index >= 15 is 0 Å². The van der Waals surface area contributed by atoms with E-state index in [0.717, 1.165) is 11.1 Å². The molecule has 0 saturated carbocycles. The maximum absolute atomic E-state index is 12.9. The van der Waals surface area contributed by atoms with Gasteiger partial charge in [-0.15, -0.1) is 0 Å². The molecule has 7 nitrogen and oxygen atoms in total. The highest BCUT2D eigenvalue weighted by Crippen LogP contribution is 2.29. The average Bonchev–Trinajstić information content (AvgIpc) is 2.80. The lowest BCUT2D eigenvalue weighted by atomic mass is 10.0. The highest BCUT2D eigenvalue weighted by Gasteiger charge is 2.19. The van der Waals surface area contributed by atoms with Crippen LogP contribution < -0.4 is 19.5 Å². The quantitative estimate of drug-likeness (QED) is 0.503. The molecule has 2 N–H and O–H groups in total. The average molecular weight is 469 g/mol. The lowest BCUT2D eigenvalue weighted by Gasteiger charge is -2.19. The van der Waals surface area contributed by atoms with Crippen molar-refractivity contribution >= 4 is 21.6 Å². The third-order valence-corrected chi connectivity index (χ3v) is 6.70. The zero-order valence-corrected chi connectivity index (χ0v) is 20.1. The van der Waals surface area contributed by atoms with E-state index in [9.17, 15) is 13.2 Å². The largest absolute Gasteiger partial charge is 0.497 e. The van der Waals surface area contributed by atoms with Gasteiger partial charge in [0.2, 0.25) is 0 Å². The number of methoxy groups -OCH3 is 2. The first-order valence-corrected chi connectivity index (χ1v) is 11.9. The van der Waals surface area contributed by atoms with Crippen molar-refractivity contribution < 1.29 is 22.7 Å². The smallest absolute Gasteiger partial charge is 0.261 e. The highest BCUT2D eigenvalue weighted by atomic mass is 32.2. The molecule has 3 rings (SSSR count). The maximum Gasteiger partial charge on any atom is 0.261 e. The Labute approximate surface area is 194 Å². The number of hydrogen-bond acceptors (Lipinski definition) is 5. The van der Waals surface area contributed by atoms with E-state index in [-0.39, 0.29) is 16.8 Å². The summed E-state index contributed by atoms with van der Waals surface area (Å²) in [6.07, 6.45) is 0. The summed E-state index contributed by atoms with van der Waals surface area (Å²) in [6.45, 7) is 5.49. The Morgan fingerprint density at radius 3 is 2.21 bits per heavy atom. The van der Waals surface area contributed by atoms with Gasteiger partial charge in [-0.05, 0) is 74.9 Å². The van der Waals surface area contributed by atoms with Crippen LogP contribution in [0.4, 0.5) is 5.69 Å². The van der Waals surface area contributed by atoms with Crippen molar-refractivity contribution in [3.63, 3.8) is 0 Å². The zero-order valence-electron chi connectivity index (χ0n) is 19.3. The molecule has 0 spiro atoms. The van der Waals surface area contributed by atoms with Gasteiger partial charge in [0.25, 0.3) is 15.9 Å². The van der Waals surface area contributed by atoms with Crippen molar-refractivity contribution in [3.05, 3.63) is 82.9 Å². The lowest BCUT2D eigenvalue weighted by Crippen LogP contribution is -2.27. The summed E-state index contributed by atoms with van der Waals surface area (Å²) in [5.41, 5.74) is 3.21. The van der Waals surface area contributed by atoms with Gasteiger partial charge in [-0.25, -0.2) is 8.42 Å². The molecule has 0 heterocycles. The van der Waals surface area contributed by atoms with E-state index in [1.807, 2.05) is 19.9 Å². The van der Waals surface area contributed by atoms with E-state index in [1.54, 1.807) is 75.7 Å². The SMILES string of the molecule is COc1ccc(OC)c(C(C)NC(=O)c2ccc(NS(=O)(=O)c3ccc(C)cc3)c(C)c2)c1. The maximum atomic E-state index is 12.9. The van der Waals surface area contributed by atoms with E-state index in [1.165, 1.54) is 0 Å². The Kier molecular flexibility index (Phi) is 7.28. The zero-order chi connectivity index (χ0) is 24.2. The van der Waals surface area contributed by atoms with Gasteiger partial charge < -0.3 is 14.8 Å². The van der Waals surface area contributed by atoms with E-state index in [0.29, 0.717) is 28.3 Å². The summed E-state index contributed by atoms with van der Waals surface area (Å²) in [6, 6.07) is 16.5. The number of amides is 1. The van der Waals surface area contributed by atoms with Crippen molar-refractivity contribution in [1.29, 1.82) is 0 Å². The fourth-order valence-corrected chi connectivity index (χ4v) is 4.51. The van der Waals surface area contributed by atoms with Crippen LogP contribution in [0.2, 0.25) is 0 Å². The Morgan fingerprint density at radius 1 is 0.909 bits per heavy atom. The van der Waals surface area contributed by atoms with E-state index in [2.05, 4.69) is 10.0 Å². The summed E-state index contributed by atoms with van der Waals surface area (Å²) >= 11 is 0. The van der Waals surface area contributed by atoms with Crippen LogP contribution in [0.5, 0.6) is 11.5 Å². The van der Waals surface area contributed by atoms with Crippen molar-refractivity contribution in [2.75, 3.05) is 18.9 Å². The number of carbonyl (C=O) groups is 1. The fraction of sp³-hybridized carbons (Fsp3) is 0.240. The van der Waals surface area contributed by atoms with Gasteiger partial charge in [-0.1, -0.05) is 17.7 Å². The molecule has 0 saturated heterocycles. The molecule has 8 heteroatoms. The number of benzene rings is 3. The van der Waals surface area contributed by atoms with Gasteiger partial charge in [-0.3, -0.25) is 9.52 Å². The van der Waals surface area contributed by atoms with Crippen molar-refractivity contribution in [1.82, 2.24) is 5.32 Å². The van der Waals surface area contributed by atoms with Crippen molar-refractivity contribution in [3.8, 4) is 11.5 Å². The molecule has 1 unspecified atom stereocenters. The normalized spacial score (nSPS) is 12.0. The summed E-state index contributed by atoms with van der Waals surface area (Å²) in [4.78, 5) is 13.0. The molecule has 1 amide bonds. The van der Waals surface area contributed by atoms with Crippen LogP contribution in [-0.4, -0.2) is 28.5 Å². The first kappa shape index (κ1) is 24.1. The molecule has 0 aliphatic rings. The third-order valence-electron chi connectivity index (χ3n) is 5.32. The molecule has 0 aromatic heterocycles. The molecule has 0 aliphatic heterocycles. The van der Waals surface area contributed by atoms with Gasteiger partial charge in [0.05, 0.1) is 30.8 Å². The number of aryl methyl sites for hydroxylation is 2. The molecule has 0 aliphatic carbocycles. The molecule has 0 radical (unpaired) electrons. The second kappa shape index (κ2) is 9.95. The molecule has 33 heavy (non-hydrogen) atoms. The van der Waals surface area contributed by atoms with Gasteiger partial charge in [0, 0.05) is 11.1 Å². The molecule has 3 aromatic rings. The lowest BCUT2D eigenvalue weighted by molar-refractivity contribution is 0.0939. The second-order valence-electron chi connectivity index (χ2n) is 7.75. The molecular formula is C25H28N2O5S. The van der Waals surface area contributed by atoms with Gasteiger partial charge in [0.15, 0.2) is 0 Å². The van der Waals surface area contributed by atoms with Crippen molar-refractivity contribution in [2.45, 2.75) is 31.7 Å². The summed E-state index contributed by atoms with van der Waals surface area (Å²) in [7, 11) is -0.587. The summed E-state index contributed by atoms with van der Waals surface area (Å²) < 4.78 is 38.6. The van der Waals surface area contributed by atoms with Gasteiger partial charge in [-0.2, -0.15) is 0 Å². The molecule has 0 bridgehead atoms. The van der Waals surface area contributed by atoms with Crippen LogP contribution >= 0.6 is 0 Å². The topological polar surface area (TPSA) is 93.7 Å². The fourth-order valence-electron chi connectivity index (χ4n) is 3.38. The second-order valence-corrected chi connectivity index (χ2v) is 9.43. The van der Waals surface area contributed by atoms with Crippen molar-refractivity contribution in [2.24, 2.45) is 0 Å². The molecule has 174 valence electrons. The Hall–Kier alpha value is -3.52. The minimum atomic E-state index is -3.73. The Balaban J connectivity index is 1.77. The number of anilines is 1. The number of sulfonamides is 1. The monoisotopic (exact) mass is 468 g/mol. The molecular weight excluding hydrogens is 440 g/mol. The third kappa shape index (κ3) is 5.64. The van der Waals surface area contributed by atoms with E-state index in [4.69, 9.17) is 9.47 Å². The van der Waals surface area contributed by atoms with Crippen LogP contribution in [0.15, 0.2) is 65.6 Å². The number of nitrogens with one attached hydrogen (secondary N) is 2. The highest BCUT2D eigenvalue weighted by molar-refractivity contribution is 7.92. The Bertz CT molecular complexity index is 1250. The van der Waals surface area contributed by atoms with E-state index < -0.39 is 10.0 Å². The van der Waals surface area contributed by atoms with Gasteiger partial charge in [0.1, 0.15) is 11.5 Å². The van der Waals surface area contributed by atoms with Crippen LogP contribution in [0, 0.1) is 13.8 Å². The Morgan fingerprint density at radius 2 is 1.61 bits per heavy atom. The van der Waals surface area contributed by atoms with Crippen LogP contribution in [0.25, 0.3) is 0 Å². The minimum Gasteiger partial charge on any atom is -0.497 e. The summed E-state index contributed by atoms with van der Waals surface area (Å²) in [5, 5.41) is 2.95. The first-order chi connectivity index (χ1) is 15.6. The number of carbonyl (C=O) groups excluding carboxylic acids is 1. The van der Waals surface area contributed by atoms with Gasteiger partial charge >= 0.3 is 0 Å². The number of ether oxygens (including phenoxy) is 2. The van der Waals surface area contributed by atoms with Crippen LogP contribution in [0.1, 0.15) is 40.0 Å². The molecule has 3 aromatic carbocycles. The predicted molar refractivity (Wildman–Crippen MR) is 129 cm³/mol. The number of hydrogen-bond donors (Lipinski definition) is 2.